The first-order chi connectivity index (χ1) is 9.13. The highest BCUT2D eigenvalue weighted by atomic mass is 79.9. The van der Waals surface area contributed by atoms with E-state index in [0.717, 1.165) is 4.47 Å². The van der Waals surface area contributed by atoms with Crippen LogP contribution in [-0.2, 0) is 13.5 Å². The van der Waals surface area contributed by atoms with Crippen LogP contribution in [0.5, 0.6) is 11.5 Å². The van der Waals surface area contributed by atoms with Gasteiger partial charge in [-0.15, -0.1) is 10.2 Å². The molecule has 1 atom stereocenters. The van der Waals surface area contributed by atoms with E-state index in [2.05, 4.69) is 31.3 Å². The van der Waals surface area contributed by atoms with E-state index < -0.39 is 6.10 Å². The molecule has 3 rings (SSSR count). The number of tetrazole rings is 1. The van der Waals surface area contributed by atoms with Crippen molar-refractivity contribution >= 4 is 15.9 Å². The van der Waals surface area contributed by atoms with Crippen molar-refractivity contribution in [3.63, 3.8) is 0 Å². The number of halogens is 1. The quantitative estimate of drug-likeness (QED) is 0.905. The molecule has 19 heavy (non-hydrogen) atoms. The Bertz CT molecular complexity index is 616. The highest BCUT2D eigenvalue weighted by Gasteiger charge is 2.21. The zero-order valence-corrected chi connectivity index (χ0v) is 11.7. The van der Waals surface area contributed by atoms with Crippen LogP contribution < -0.4 is 9.47 Å². The molecule has 8 heteroatoms. The van der Waals surface area contributed by atoms with Crippen LogP contribution in [0.25, 0.3) is 0 Å². The zero-order valence-electron chi connectivity index (χ0n) is 10.1. The van der Waals surface area contributed by atoms with Gasteiger partial charge in [-0.1, -0.05) is 0 Å². The van der Waals surface area contributed by atoms with Crippen LogP contribution >= 0.6 is 15.9 Å². The van der Waals surface area contributed by atoms with Gasteiger partial charge in [0.15, 0.2) is 17.3 Å². The zero-order chi connectivity index (χ0) is 13.4. The number of aromatic nitrogens is 4. The maximum atomic E-state index is 10.2. The summed E-state index contributed by atoms with van der Waals surface area (Å²) in [5.74, 6) is 1.77. The minimum absolute atomic E-state index is 0.194. The summed E-state index contributed by atoms with van der Waals surface area (Å²) >= 11 is 3.39. The molecule has 2 heterocycles. The lowest BCUT2D eigenvalue weighted by Gasteiger charge is -2.10. The summed E-state index contributed by atoms with van der Waals surface area (Å²) in [5.41, 5.74) is 0.712. The number of aliphatic hydroxyl groups excluding tert-OH is 1. The number of nitrogens with zero attached hydrogens (tertiary/aromatic N) is 4. The van der Waals surface area contributed by atoms with Crippen LogP contribution in [0.3, 0.4) is 0 Å². The Hall–Kier alpha value is -1.67. The van der Waals surface area contributed by atoms with Gasteiger partial charge in [-0.05, 0) is 38.8 Å². The predicted octanol–water partition coefficient (Wildman–Crippen LogP) is 0.977. The van der Waals surface area contributed by atoms with Crippen molar-refractivity contribution in [2.45, 2.75) is 12.5 Å². The summed E-state index contributed by atoms with van der Waals surface area (Å²) in [7, 11) is 1.68. The lowest BCUT2D eigenvalue weighted by molar-refractivity contribution is 0.170. The van der Waals surface area contributed by atoms with Crippen LogP contribution in [0, 0.1) is 0 Å². The van der Waals surface area contributed by atoms with Gasteiger partial charge in [0.25, 0.3) is 0 Å². The molecule has 1 unspecified atom stereocenters. The second kappa shape index (κ2) is 4.78. The molecule has 0 bridgehead atoms. The minimum Gasteiger partial charge on any atom is -0.454 e. The van der Waals surface area contributed by atoms with E-state index in [9.17, 15) is 5.11 Å². The highest BCUT2D eigenvalue weighted by molar-refractivity contribution is 9.10. The van der Waals surface area contributed by atoms with E-state index in [4.69, 9.17) is 9.47 Å². The number of fused-ring (bicyclic) bond motifs is 1. The first-order valence-electron chi connectivity index (χ1n) is 5.63. The van der Waals surface area contributed by atoms with Gasteiger partial charge in [0, 0.05) is 6.42 Å². The molecule has 0 fully saturated rings. The lowest BCUT2D eigenvalue weighted by Crippen LogP contribution is -2.04. The Morgan fingerprint density at radius 2 is 2.32 bits per heavy atom. The van der Waals surface area contributed by atoms with E-state index in [1.807, 2.05) is 0 Å². The van der Waals surface area contributed by atoms with Crippen LogP contribution in [0.2, 0.25) is 0 Å². The van der Waals surface area contributed by atoms with Crippen LogP contribution in [0.4, 0.5) is 0 Å². The van der Waals surface area contributed by atoms with E-state index in [-0.39, 0.29) is 6.79 Å². The Kier molecular flexibility index (Phi) is 3.11. The second-order valence-corrected chi connectivity index (χ2v) is 5.01. The fraction of sp³-hybridized carbons (Fsp3) is 0.364. The molecule has 1 aromatic heterocycles. The molecule has 1 aliphatic rings. The summed E-state index contributed by atoms with van der Waals surface area (Å²) in [6.07, 6.45) is -0.435. The van der Waals surface area contributed by atoms with Gasteiger partial charge in [0.05, 0.1) is 17.6 Å². The smallest absolute Gasteiger partial charge is 0.231 e. The average molecular weight is 327 g/mol. The number of benzene rings is 1. The van der Waals surface area contributed by atoms with Crippen molar-refractivity contribution in [2.75, 3.05) is 6.79 Å². The standard InChI is InChI=1S/C11H11BrN4O3/c1-16-14-10(13-15-16)4-8(17)6-2-7(12)11-9(3-6)18-5-19-11/h2-3,8,17H,4-5H2,1H3. The van der Waals surface area contributed by atoms with Gasteiger partial charge in [-0.2, -0.15) is 4.80 Å². The van der Waals surface area contributed by atoms with E-state index >= 15 is 0 Å². The Morgan fingerprint density at radius 3 is 3.05 bits per heavy atom. The van der Waals surface area contributed by atoms with Crippen molar-refractivity contribution in [1.82, 2.24) is 20.2 Å². The molecule has 2 aromatic rings. The van der Waals surface area contributed by atoms with Crippen molar-refractivity contribution < 1.29 is 14.6 Å². The molecule has 0 amide bonds. The summed E-state index contributed by atoms with van der Waals surface area (Å²) in [6.45, 7) is 0.194. The molecule has 0 radical (unpaired) electrons. The summed E-state index contributed by atoms with van der Waals surface area (Å²) in [5, 5.41) is 21.8. The maximum absolute atomic E-state index is 10.2. The van der Waals surface area contributed by atoms with E-state index in [1.54, 1.807) is 19.2 Å². The van der Waals surface area contributed by atoms with Crippen molar-refractivity contribution in [3.8, 4) is 11.5 Å². The Labute approximate surface area is 117 Å². The molecule has 100 valence electrons. The third kappa shape index (κ3) is 2.41. The largest absolute Gasteiger partial charge is 0.454 e. The third-order valence-electron chi connectivity index (χ3n) is 2.76. The topological polar surface area (TPSA) is 82.3 Å². The van der Waals surface area contributed by atoms with Gasteiger partial charge in [0.2, 0.25) is 6.79 Å². The molecule has 0 spiro atoms. The third-order valence-corrected chi connectivity index (χ3v) is 3.35. The molecule has 0 saturated carbocycles. The fourth-order valence-electron chi connectivity index (χ4n) is 1.88. The second-order valence-electron chi connectivity index (χ2n) is 4.15. The highest BCUT2D eigenvalue weighted by Crippen LogP contribution is 2.41. The van der Waals surface area contributed by atoms with E-state index in [0.29, 0.717) is 29.3 Å². The predicted molar refractivity (Wildman–Crippen MR) is 67.7 cm³/mol. The lowest BCUT2D eigenvalue weighted by atomic mass is 10.1. The SMILES string of the molecule is Cn1nnc(CC(O)c2cc(Br)c3c(c2)OCO3)n1. The maximum Gasteiger partial charge on any atom is 0.231 e. The molecule has 0 saturated heterocycles. The normalized spacial score (nSPS) is 14.7. The first kappa shape index (κ1) is 12.4. The monoisotopic (exact) mass is 326 g/mol. The van der Waals surface area contributed by atoms with Crippen LogP contribution in [0.15, 0.2) is 16.6 Å². The molecule has 1 aliphatic heterocycles. The Balaban J connectivity index is 1.84. The number of hydrogen-bond donors (Lipinski definition) is 1. The van der Waals surface area contributed by atoms with Gasteiger partial charge in [0.1, 0.15) is 0 Å². The molecule has 0 aliphatic carbocycles. The van der Waals surface area contributed by atoms with Gasteiger partial charge < -0.3 is 14.6 Å². The van der Waals surface area contributed by atoms with Crippen LogP contribution in [0.1, 0.15) is 17.5 Å². The average Bonchev–Trinajstić information content (AvgIpc) is 2.98. The van der Waals surface area contributed by atoms with Crippen molar-refractivity contribution in [3.05, 3.63) is 28.0 Å². The first-order valence-corrected chi connectivity index (χ1v) is 6.43. The molecular formula is C11H11BrN4O3. The van der Waals surface area contributed by atoms with E-state index in [1.165, 1.54) is 4.80 Å². The minimum atomic E-state index is -0.727. The number of rotatable bonds is 3. The number of hydrogen-bond acceptors (Lipinski definition) is 6. The number of aliphatic hydroxyl groups is 1. The van der Waals surface area contributed by atoms with Crippen molar-refractivity contribution in [2.24, 2.45) is 7.05 Å². The van der Waals surface area contributed by atoms with Crippen molar-refractivity contribution in [1.29, 1.82) is 0 Å². The molecule has 7 nitrogen and oxygen atoms in total. The molecular weight excluding hydrogens is 316 g/mol. The summed E-state index contributed by atoms with van der Waals surface area (Å²) < 4.78 is 11.4. The number of aryl methyl sites for hydroxylation is 1. The summed E-state index contributed by atoms with van der Waals surface area (Å²) in [4.78, 5) is 1.36. The molecule has 1 N–H and O–H groups in total. The fourth-order valence-corrected chi connectivity index (χ4v) is 2.45. The van der Waals surface area contributed by atoms with Gasteiger partial charge in [-0.25, -0.2) is 0 Å². The molecule has 1 aromatic carbocycles. The summed E-state index contributed by atoms with van der Waals surface area (Å²) in [6, 6.07) is 3.56. The van der Waals surface area contributed by atoms with Crippen LogP contribution in [-0.4, -0.2) is 32.1 Å². The Morgan fingerprint density at radius 1 is 1.47 bits per heavy atom. The van der Waals surface area contributed by atoms with Gasteiger partial charge >= 0.3 is 0 Å². The van der Waals surface area contributed by atoms with Gasteiger partial charge in [-0.3, -0.25) is 0 Å². The number of ether oxygens (including phenoxy) is 2.